The summed E-state index contributed by atoms with van der Waals surface area (Å²) in [6.07, 6.45) is 4.72. The van der Waals surface area contributed by atoms with E-state index >= 15 is 0 Å². The van der Waals surface area contributed by atoms with Gasteiger partial charge in [-0.25, -0.2) is 0 Å². The molecule has 0 radical (unpaired) electrons. The molecule has 3 nitrogen and oxygen atoms in total. The third-order valence-corrected chi connectivity index (χ3v) is 4.30. The molecular weight excluding hydrogens is 252 g/mol. The molecule has 1 aromatic rings. The van der Waals surface area contributed by atoms with Crippen LogP contribution in [0.2, 0.25) is 5.02 Å². The fourth-order valence-corrected chi connectivity index (χ4v) is 3.37. The second-order valence-corrected chi connectivity index (χ2v) is 5.71. The van der Waals surface area contributed by atoms with E-state index in [0.29, 0.717) is 22.8 Å². The number of carboxylic acid groups (broad SMARTS) is 1. The minimum atomic E-state index is -0.784. The summed E-state index contributed by atoms with van der Waals surface area (Å²) in [6.45, 7) is 0. The van der Waals surface area contributed by atoms with Gasteiger partial charge in [0.15, 0.2) is 0 Å². The normalized spacial score (nSPS) is 24.6. The number of carboxylic acids is 1. The van der Waals surface area contributed by atoms with Crippen LogP contribution in [0.15, 0.2) is 18.2 Å². The molecule has 96 valence electrons. The predicted molar refractivity (Wildman–Crippen MR) is 68.3 cm³/mol. The van der Waals surface area contributed by atoms with E-state index in [9.17, 15) is 9.90 Å². The highest BCUT2D eigenvalue weighted by Gasteiger charge is 2.45. The molecule has 18 heavy (non-hydrogen) atoms. The Morgan fingerprint density at radius 3 is 2.78 bits per heavy atom. The van der Waals surface area contributed by atoms with Gasteiger partial charge < -0.3 is 9.84 Å². The zero-order valence-corrected chi connectivity index (χ0v) is 10.7. The van der Waals surface area contributed by atoms with Crippen LogP contribution in [0, 0.1) is 0 Å². The molecular formula is C14H15ClO3. The molecule has 1 aliphatic heterocycles. The standard InChI is InChI=1S/C14H15ClO3/c15-9-3-4-12-10(7-9)11(13(16)17)8-14(18-12)5-1-2-6-14/h3-4,7,11H,1-2,5-6,8H2,(H,16,17). The highest BCUT2D eigenvalue weighted by molar-refractivity contribution is 6.30. The lowest BCUT2D eigenvalue weighted by Gasteiger charge is -2.38. The third kappa shape index (κ3) is 1.87. The molecule has 0 amide bonds. The van der Waals surface area contributed by atoms with Crippen LogP contribution in [0.25, 0.3) is 0 Å². The lowest BCUT2D eigenvalue weighted by molar-refractivity contribution is -0.141. The van der Waals surface area contributed by atoms with E-state index in [1.165, 1.54) is 0 Å². The number of halogens is 1. The van der Waals surface area contributed by atoms with Crippen molar-refractivity contribution in [1.82, 2.24) is 0 Å². The molecule has 0 aromatic heterocycles. The fourth-order valence-electron chi connectivity index (χ4n) is 3.19. The molecule has 0 saturated heterocycles. The lowest BCUT2D eigenvalue weighted by Crippen LogP contribution is -2.40. The van der Waals surface area contributed by atoms with Gasteiger partial charge >= 0.3 is 5.97 Å². The van der Waals surface area contributed by atoms with Crippen molar-refractivity contribution in [2.75, 3.05) is 0 Å². The summed E-state index contributed by atoms with van der Waals surface area (Å²) in [5.74, 6) is -0.585. The summed E-state index contributed by atoms with van der Waals surface area (Å²) in [7, 11) is 0. The van der Waals surface area contributed by atoms with Gasteiger partial charge in [-0.15, -0.1) is 0 Å². The van der Waals surface area contributed by atoms with E-state index in [1.807, 2.05) is 0 Å². The quantitative estimate of drug-likeness (QED) is 0.845. The molecule has 1 saturated carbocycles. The number of aliphatic carboxylic acids is 1. The van der Waals surface area contributed by atoms with Crippen molar-refractivity contribution in [2.45, 2.75) is 43.6 Å². The van der Waals surface area contributed by atoms with Crippen molar-refractivity contribution < 1.29 is 14.6 Å². The smallest absolute Gasteiger partial charge is 0.311 e. The summed E-state index contributed by atoms with van der Waals surface area (Å²) in [5, 5.41) is 9.98. The molecule has 3 rings (SSSR count). The summed E-state index contributed by atoms with van der Waals surface area (Å²) < 4.78 is 6.09. The molecule has 1 heterocycles. The van der Waals surface area contributed by atoms with Crippen molar-refractivity contribution in [3.63, 3.8) is 0 Å². The SMILES string of the molecule is O=C(O)C1CC2(CCCC2)Oc2ccc(Cl)cc21. The van der Waals surface area contributed by atoms with Crippen molar-refractivity contribution in [3.05, 3.63) is 28.8 Å². The van der Waals surface area contributed by atoms with Gasteiger partial charge in [0, 0.05) is 17.0 Å². The predicted octanol–water partition coefficient (Wildman–Crippen LogP) is 3.60. The van der Waals surface area contributed by atoms with E-state index < -0.39 is 11.9 Å². The van der Waals surface area contributed by atoms with Gasteiger partial charge in [-0.3, -0.25) is 4.79 Å². The van der Waals surface area contributed by atoms with Crippen molar-refractivity contribution in [3.8, 4) is 5.75 Å². The van der Waals surface area contributed by atoms with E-state index in [2.05, 4.69) is 0 Å². The first-order valence-corrected chi connectivity index (χ1v) is 6.69. The second-order valence-electron chi connectivity index (χ2n) is 5.27. The summed E-state index contributed by atoms with van der Waals surface area (Å²) >= 11 is 5.95. The van der Waals surface area contributed by atoms with Crippen LogP contribution in [0.3, 0.4) is 0 Å². The van der Waals surface area contributed by atoms with Crippen LogP contribution in [0.5, 0.6) is 5.75 Å². The first kappa shape index (κ1) is 11.8. The molecule has 1 atom stereocenters. The average molecular weight is 267 g/mol. The topological polar surface area (TPSA) is 46.5 Å². The van der Waals surface area contributed by atoms with Crippen LogP contribution in [0.4, 0.5) is 0 Å². The van der Waals surface area contributed by atoms with Gasteiger partial charge in [0.2, 0.25) is 0 Å². The monoisotopic (exact) mass is 266 g/mol. The van der Waals surface area contributed by atoms with Crippen LogP contribution in [0.1, 0.15) is 43.6 Å². The van der Waals surface area contributed by atoms with Crippen LogP contribution in [-0.2, 0) is 4.79 Å². The molecule has 1 spiro atoms. The molecule has 1 fully saturated rings. The Kier molecular flexibility index (Phi) is 2.74. The number of hydrogen-bond acceptors (Lipinski definition) is 2. The number of benzene rings is 1. The Bertz CT molecular complexity index is 492. The number of carbonyl (C=O) groups is 1. The number of hydrogen-bond donors (Lipinski definition) is 1. The van der Waals surface area contributed by atoms with Gasteiger partial charge in [0.1, 0.15) is 11.4 Å². The molecule has 1 N–H and O–H groups in total. The Labute approximate surface area is 111 Å². The second kappa shape index (κ2) is 4.16. The van der Waals surface area contributed by atoms with E-state index in [1.54, 1.807) is 18.2 Å². The number of ether oxygens (including phenoxy) is 1. The van der Waals surface area contributed by atoms with Crippen molar-refractivity contribution in [1.29, 1.82) is 0 Å². The van der Waals surface area contributed by atoms with Crippen molar-refractivity contribution >= 4 is 17.6 Å². The molecule has 2 aliphatic rings. The average Bonchev–Trinajstić information content (AvgIpc) is 2.77. The Morgan fingerprint density at radius 2 is 2.11 bits per heavy atom. The Morgan fingerprint density at radius 1 is 1.39 bits per heavy atom. The zero-order chi connectivity index (χ0) is 12.8. The number of fused-ring (bicyclic) bond motifs is 1. The molecule has 1 unspecified atom stereocenters. The summed E-state index contributed by atoms with van der Waals surface area (Å²) in [6, 6.07) is 5.28. The molecule has 1 aromatic carbocycles. The van der Waals surface area contributed by atoms with Gasteiger partial charge in [-0.05, 0) is 43.9 Å². The van der Waals surface area contributed by atoms with Crippen LogP contribution >= 0.6 is 11.6 Å². The maximum absolute atomic E-state index is 11.5. The van der Waals surface area contributed by atoms with Gasteiger partial charge in [-0.1, -0.05) is 11.6 Å². The highest BCUT2D eigenvalue weighted by Crippen LogP contribution is 2.48. The number of rotatable bonds is 1. The van der Waals surface area contributed by atoms with E-state index in [4.69, 9.17) is 16.3 Å². The van der Waals surface area contributed by atoms with E-state index in [0.717, 1.165) is 25.7 Å². The minimum Gasteiger partial charge on any atom is -0.487 e. The lowest BCUT2D eigenvalue weighted by atomic mass is 9.81. The molecule has 0 bridgehead atoms. The Balaban J connectivity index is 2.05. The maximum atomic E-state index is 11.5. The third-order valence-electron chi connectivity index (χ3n) is 4.06. The van der Waals surface area contributed by atoms with Crippen LogP contribution in [-0.4, -0.2) is 16.7 Å². The first-order valence-electron chi connectivity index (χ1n) is 6.31. The molecule has 1 aliphatic carbocycles. The van der Waals surface area contributed by atoms with E-state index in [-0.39, 0.29) is 5.60 Å². The Hall–Kier alpha value is -1.22. The largest absolute Gasteiger partial charge is 0.487 e. The molecule has 4 heteroatoms. The maximum Gasteiger partial charge on any atom is 0.311 e. The summed E-state index contributed by atoms with van der Waals surface area (Å²) in [5.41, 5.74) is 0.455. The minimum absolute atomic E-state index is 0.260. The van der Waals surface area contributed by atoms with Crippen molar-refractivity contribution in [2.24, 2.45) is 0 Å². The highest BCUT2D eigenvalue weighted by atomic mass is 35.5. The van der Waals surface area contributed by atoms with Gasteiger partial charge in [0.25, 0.3) is 0 Å². The van der Waals surface area contributed by atoms with Crippen LogP contribution < -0.4 is 4.74 Å². The zero-order valence-electron chi connectivity index (χ0n) is 9.99. The fraction of sp³-hybridized carbons (Fsp3) is 0.500. The van der Waals surface area contributed by atoms with Gasteiger partial charge in [0.05, 0.1) is 5.92 Å². The summed E-state index contributed by atoms with van der Waals surface area (Å²) in [4.78, 5) is 11.5. The first-order chi connectivity index (χ1) is 8.60. The van der Waals surface area contributed by atoms with Gasteiger partial charge in [-0.2, -0.15) is 0 Å².